The van der Waals surface area contributed by atoms with Gasteiger partial charge in [-0.15, -0.1) is 0 Å². The van der Waals surface area contributed by atoms with Gasteiger partial charge < -0.3 is 14.1 Å². The van der Waals surface area contributed by atoms with Crippen LogP contribution in [-0.2, 0) is 16.1 Å². The molecule has 0 bridgehead atoms. The molecule has 0 atom stereocenters. The highest BCUT2D eigenvalue weighted by atomic mass is 16.5. The van der Waals surface area contributed by atoms with Crippen LogP contribution in [0.25, 0.3) is 0 Å². The van der Waals surface area contributed by atoms with Crippen LogP contribution in [0.1, 0.15) is 26.5 Å². The summed E-state index contributed by atoms with van der Waals surface area (Å²) in [4.78, 5) is 16.2. The summed E-state index contributed by atoms with van der Waals surface area (Å²) in [5.74, 6) is 1.05. The molecule has 5 heteroatoms. The van der Waals surface area contributed by atoms with Crippen LogP contribution in [0.2, 0.25) is 0 Å². The van der Waals surface area contributed by atoms with Gasteiger partial charge in [-0.3, -0.25) is 9.69 Å². The average Bonchev–Trinajstić information content (AvgIpc) is 2.89. The van der Waals surface area contributed by atoms with Crippen LogP contribution in [0.5, 0.6) is 0 Å². The maximum Gasteiger partial charge on any atom is 0.248 e. The first-order valence-corrected chi connectivity index (χ1v) is 7.10. The Morgan fingerprint density at radius 2 is 2.00 bits per heavy atom. The van der Waals surface area contributed by atoms with E-state index in [1.165, 1.54) is 0 Å². The average molecular weight is 280 g/mol. The molecule has 0 aromatic carbocycles. The van der Waals surface area contributed by atoms with Gasteiger partial charge in [0.2, 0.25) is 5.91 Å². The third-order valence-electron chi connectivity index (χ3n) is 3.31. The quantitative estimate of drug-likeness (QED) is 0.843. The Morgan fingerprint density at radius 1 is 1.30 bits per heavy atom. The van der Waals surface area contributed by atoms with Crippen LogP contribution in [0.15, 0.2) is 22.8 Å². The summed E-state index contributed by atoms with van der Waals surface area (Å²) in [6.45, 7) is 10.1. The van der Waals surface area contributed by atoms with Gasteiger partial charge in [0.05, 0.1) is 18.4 Å². The highest BCUT2D eigenvalue weighted by molar-refractivity contribution is 5.77. The van der Waals surface area contributed by atoms with Gasteiger partial charge in [0.15, 0.2) is 0 Å². The minimum Gasteiger partial charge on any atom is -0.468 e. The Labute approximate surface area is 120 Å². The third-order valence-corrected chi connectivity index (χ3v) is 3.31. The van der Waals surface area contributed by atoms with E-state index in [9.17, 15) is 4.79 Å². The van der Waals surface area contributed by atoms with Crippen LogP contribution in [0.3, 0.4) is 0 Å². The molecular formula is C15H24N2O3. The smallest absolute Gasteiger partial charge is 0.248 e. The molecule has 0 aliphatic carbocycles. The van der Waals surface area contributed by atoms with Crippen LogP contribution < -0.4 is 0 Å². The number of hydrogen-bond acceptors (Lipinski definition) is 4. The van der Waals surface area contributed by atoms with E-state index in [4.69, 9.17) is 9.15 Å². The first-order chi connectivity index (χ1) is 9.44. The second-order valence-corrected chi connectivity index (χ2v) is 6.14. The van der Waals surface area contributed by atoms with E-state index in [-0.39, 0.29) is 18.1 Å². The van der Waals surface area contributed by atoms with Crippen molar-refractivity contribution in [2.75, 3.05) is 32.8 Å². The van der Waals surface area contributed by atoms with Crippen LogP contribution in [0, 0.1) is 0 Å². The van der Waals surface area contributed by atoms with Crippen LogP contribution >= 0.6 is 0 Å². The van der Waals surface area contributed by atoms with Crippen molar-refractivity contribution in [2.45, 2.75) is 32.9 Å². The van der Waals surface area contributed by atoms with Gasteiger partial charge in [-0.25, -0.2) is 0 Å². The summed E-state index contributed by atoms with van der Waals surface area (Å²) in [5.41, 5.74) is -0.267. The summed E-state index contributed by atoms with van der Waals surface area (Å²) < 4.78 is 10.9. The monoisotopic (exact) mass is 280 g/mol. The van der Waals surface area contributed by atoms with Crippen molar-refractivity contribution in [3.05, 3.63) is 24.2 Å². The number of furan rings is 1. The highest BCUT2D eigenvalue weighted by Crippen LogP contribution is 2.11. The molecule has 1 aliphatic rings. The number of rotatable bonds is 4. The number of nitrogens with zero attached hydrogens (tertiary/aromatic N) is 2. The molecule has 0 radical (unpaired) electrons. The zero-order chi connectivity index (χ0) is 14.6. The van der Waals surface area contributed by atoms with Gasteiger partial charge in [-0.1, -0.05) is 0 Å². The molecule has 1 saturated heterocycles. The molecule has 1 aromatic rings. The maximum atomic E-state index is 12.0. The molecule has 0 saturated carbocycles. The van der Waals surface area contributed by atoms with Crippen molar-refractivity contribution in [1.29, 1.82) is 0 Å². The Morgan fingerprint density at radius 3 is 2.55 bits per heavy atom. The van der Waals surface area contributed by atoms with Crippen molar-refractivity contribution in [2.24, 2.45) is 0 Å². The normalized spacial score (nSPS) is 17.4. The van der Waals surface area contributed by atoms with Crippen molar-refractivity contribution in [3.8, 4) is 0 Å². The van der Waals surface area contributed by atoms with E-state index in [1.807, 2.05) is 37.8 Å². The molecule has 0 spiro atoms. The largest absolute Gasteiger partial charge is 0.468 e. The van der Waals surface area contributed by atoms with Gasteiger partial charge in [-0.05, 0) is 32.9 Å². The summed E-state index contributed by atoms with van der Waals surface area (Å²) in [5, 5.41) is 0. The summed E-state index contributed by atoms with van der Waals surface area (Å²) in [7, 11) is 0. The topological polar surface area (TPSA) is 45.9 Å². The Kier molecular flexibility index (Phi) is 4.83. The Balaban J connectivity index is 1.72. The molecule has 1 fully saturated rings. The summed E-state index contributed by atoms with van der Waals surface area (Å²) >= 11 is 0. The van der Waals surface area contributed by atoms with Crippen molar-refractivity contribution >= 4 is 5.91 Å². The van der Waals surface area contributed by atoms with Gasteiger partial charge in [-0.2, -0.15) is 0 Å². The molecule has 1 amide bonds. The molecule has 2 heterocycles. The van der Waals surface area contributed by atoms with E-state index >= 15 is 0 Å². The van der Waals surface area contributed by atoms with E-state index < -0.39 is 0 Å². The predicted octanol–water partition coefficient (Wildman–Crippen LogP) is 1.74. The molecule has 1 aromatic heterocycles. The van der Waals surface area contributed by atoms with E-state index in [2.05, 4.69) is 4.90 Å². The van der Waals surface area contributed by atoms with Gasteiger partial charge in [0.25, 0.3) is 0 Å². The summed E-state index contributed by atoms with van der Waals surface area (Å²) in [6, 6.07) is 3.88. The fourth-order valence-corrected chi connectivity index (χ4v) is 2.15. The van der Waals surface area contributed by atoms with Crippen molar-refractivity contribution < 1.29 is 13.9 Å². The molecule has 0 N–H and O–H groups in total. The van der Waals surface area contributed by atoms with E-state index in [0.29, 0.717) is 0 Å². The number of hydrogen-bond donors (Lipinski definition) is 0. The van der Waals surface area contributed by atoms with E-state index in [1.54, 1.807) is 6.26 Å². The van der Waals surface area contributed by atoms with E-state index in [0.717, 1.165) is 38.5 Å². The van der Waals surface area contributed by atoms with Crippen molar-refractivity contribution in [3.63, 3.8) is 0 Å². The van der Waals surface area contributed by atoms with Gasteiger partial charge in [0, 0.05) is 26.2 Å². The van der Waals surface area contributed by atoms with Gasteiger partial charge in [0.1, 0.15) is 12.4 Å². The standard InChI is InChI=1S/C15H24N2O3/c1-15(2,3)20-12-14(18)17-8-6-16(7-9-17)11-13-5-4-10-19-13/h4-5,10H,6-9,11-12H2,1-3H3. The molecular weight excluding hydrogens is 256 g/mol. The lowest BCUT2D eigenvalue weighted by molar-refractivity contribution is -0.142. The second kappa shape index (κ2) is 6.41. The number of ether oxygens (including phenoxy) is 1. The fraction of sp³-hybridized carbons (Fsp3) is 0.667. The SMILES string of the molecule is CC(C)(C)OCC(=O)N1CCN(Cc2ccco2)CC1. The molecule has 1 aliphatic heterocycles. The zero-order valence-electron chi connectivity index (χ0n) is 12.6. The number of carbonyl (C=O) groups excluding carboxylic acids is 1. The van der Waals surface area contributed by atoms with Crippen LogP contribution in [-0.4, -0.2) is 54.1 Å². The lowest BCUT2D eigenvalue weighted by Crippen LogP contribution is -2.49. The van der Waals surface area contributed by atoms with Crippen LogP contribution in [0.4, 0.5) is 0 Å². The van der Waals surface area contributed by atoms with Crippen molar-refractivity contribution in [1.82, 2.24) is 9.80 Å². The molecule has 20 heavy (non-hydrogen) atoms. The first-order valence-electron chi connectivity index (χ1n) is 7.10. The zero-order valence-corrected chi connectivity index (χ0v) is 12.6. The molecule has 112 valence electrons. The Bertz CT molecular complexity index is 415. The fourth-order valence-electron chi connectivity index (χ4n) is 2.15. The molecule has 0 unspecified atom stereocenters. The minimum atomic E-state index is -0.267. The number of carbonyl (C=O) groups is 1. The maximum absolute atomic E-state index is 12.0. The Hall–Kier alpha value is -1.33. The highest BCUT2D eigenvalue weighted by Gasteiger charge is 2.23. The lowest BCUT2D eigenvalue weighted by Gasteiger charge is -2.34. The second-order valence-electron chi connectivity index (χ2n) is 6.14. The van der Waals surface area contributed by atoms with Gasteiger partial charge >= 0.3 is 0 Å². The minimum absolute atomic E-state index is 0.0811. The first kappa shape index (κ1) is 15.1. The number of piperazine rings is 1. The lowest BCUT2D eigenvalue weighted by atomic mass is 10.2. The summed E-state index contributed by atoms with van der Waals surface area (Å²) in [6.07, 6.45) is 1.69. The molecule has 2 rings (SSSR count). The third kappa shape index (κ3) is 4.65. The predicted molar refractivity (Wildman–Crippen MR) is 76.3 cm³/mol. The molecule has 5 nitrogen and oxygen atoms in total. The number of amides is 1.